The number of methoxy groups -OCH3 is 1. The highest BCUT2D eigenvalue weighted by Gasteiger charge is 2.24. The van der Waals surface area contributed by atoms with Crippen LogP contribution >= 0.6 is 0 Å². The lowest BCUT2D eigenvalue weighted by molar-refractivity contribution is 0.401. The van der Waals surface area contributed by atoms with Gasteiger partial charge in [0.15, 0.2) is 0 Å². The average Bonchev–Trinajstić information content (AvgIpc) is 3.13. The summed E-state index contributed by atoms with van der Waals surface area (Å²) in [5.41, 5.74) is 7.63. The molecule has 1 N–H and O–H groups in total. The first-order valence-electron chi connectivity index (χ1n) is 9.67. The summed E-state index contributed by atoms with van der Waals surface area (Å²) in [4.78, 5) is 0. The van der Waals surface area contributed by atoms with Crippen molar-refractivity contribution < 1.29 is 4.74 Å². The maximum atomic E-state index is 5.48. The number of hydrogen-bond donors (Lipinski definition) is 1. The van der Waals surface area contributed by atoms with Crippen LogP contribution in [0, 0.1) is 13.8 Å². The summed E-state index contributed by atoms with van der Waals surface area (Å²) in [6.45, 7) is 5.10. The van der Waals surface area contributed by atoms with E-state index in [0.29, 0.717) is 6.04 Å². The number of rotatable bonds is 5. The molecule has 4 rings (SSSR count). The van der Waals surface area contributed by atoms with Crippen molar-refractivity contribution in [1.29, 1.82) is 0 Å². The molecule has 1 aliphatic rings. The minimum absolute atomic E-state index is 0.332. The third kappa shape index (κ3) is 3.50. The molecule has 1 unspecified atom stereocenters. The van der Waals surface area contributed by atoms with E-state index >= 15 is 0 Å². The van der Waals surface area contributed by atoms with E-state index in [-0.39, 0.29) is 0 Å². The number of para-hydroxylation sites is 1. The SMILES string of the molecule is COc1ccccc1CNC1CCCc2c1cnn2-c1ccc(C)c(C)c1. The van der Waals surface area contributed by atoms with E-state index in [2.05, 4.69) is 54.2 Å². The Kier molecular flexibility index (Phi) is 4.99. The van der Waals surface area contributed by atoms with Crippen LogP contribution in [0.5, 0.6) is 5.75 Å². The maximum Gasteiger partial charge on any atom is 0.123 e. The molecule has 1 aromatic heterocycles. The lowest BCUT2D eigenvalue weighted by atomic mass is 9.92. The third-order valence-electron chi connectivity index (χ3n) is 5.65. The van der Waals surface area contributed by atoms with Gasteiger partial charge in [-0.15, -0.1) is 0 Å². The van der Waals surface area contributed by atoms with Crippen LogP contribution in [0.1, 0.15) is 46.8 Å². The molecule has 140 valence electrons. The van der Waals surface area contributed by atoms with Gasteiger partial charge in [0.25, 0.3) is 0 Å². The van der Waals surface area contributed by atoms with Gasteiger partial charge < -0.3 is 10.1 Å². The van der Waals surface area contributed by atoms with Crippen LogP contribution in [0.25, 0.3) is 5.69 Å². The highest BCUT2D eigenvalue weighted by Crippen LogP contribution is 2.32. The van der Waals surface area contributed by atoms with Crippen molar-refractivity contribution in [2.24, 2.45) is 0 Å². The monoisotopic (exact) mass is 361 g/mol. The van der Waals surface area contributed by atoms with E-state index in [1.54, 1.807) is 7.11 Å². The fourth-order valence-corrected chi connectivity index (χ4v) is 3.93. The molecule has 1 heterocycles. The molecule has 0 bridgehead atoms. The van der Waals surface area contributed by atoms with Crippen LogP contribution in [-0.4, -0.2) is 16.9 Å². The Morgan fingerprint density at radius 2 is 2.00 bits per heavy atom. The summed E-state index contributed by atoms with van der Waals surface area (Å²) >= 11 is 0. The zero-order valence-electron chi connectivity index (χ0n) is 16.3. The normalized spacial score (nSPS) is 16.2. The number of aromatic nitrogens is 2. The Balaban J connectivity index is 1.57. The molecule has 4 heteroatoms. The number of benzene rings is 2. The third-order valence-corrected chi connectivity index (χ3v) is 5.65. The van der Waals surface area contributed by atoms with Crippen molar-refractivity contribution in [1.82, 2.24) is 15.1 Å². The first-order valence-corrected chi connectivity index (χ1v) is 9.67. The van der Waals surface area contributed by atoms with Crippen LogP contribution in [-0.2, 0) is 13.0 Å². The zero-order valence-corrected chi connectivity index (χ0v) is 16.3. The summed E-state index contributed by atoms with van der Waals surface area (Å²) in [6, 6.07) is 15.1. The summed E-state index contributed by atoms with van der Waals surface area (Å²) in [5, 5.41) is 8.45. The molecule has 0 amide bonds. The Morgan fingerprint density at radius 3 is 2.81 bits per heavy atom. The molecule has 0 fully saturated rings. The van der Waals surface area contributed by atoms with Crippen molar-refractivity contribution in [3.63, 3.8) is 0 Å². The van der Waals surface area contributed by atoms with E-state index in [4.69, 9.17) is 9.84 Å². The predicted octanol–water partition coefficient (Wildman–Crippen LogP) is 4.66. The highest BCUT2D eigenvalue weighted by molar-refractivity contribution is 5.42. The fourth-order valence-electron chi connectivity index (χ4n) is 3.93. The number of aryl methyl sites for hydroxylation is 2. The van der Waals surface area contributed by atoms with Gasteiger partial charge in [0, 0.05) is 29.4 Å². The van der Waals surface area contributed by atoms with Crippen LogP contribution in [0.2, 0.25) is 0 Å². The van der Waals surface area contributed by atoms with Crippen molar-refractivity contribution in [3.8, 4) is 11.4 Å². The van der Waals surface area contributed by atoms with Crippen LogP contribution in [0.4, 0.5) is 0 Å². The Bertz CT molecular complexity index is 945. The molecular formula is C23H27N3O. The molecule has 0 radical (unpaired) electrons. The largest absolute Gasteiger partial charge is 0.496 e. The van der Waals surface area contributed by atoms with Gasteiger partial charge in [-0.05, 0) is 62.4 Å². The van der Waals surface area contributed by atoms with Gasteiger partial charge in [-0.25, -0.2) is 4.68 Å². The van der Waals surface area contributed by atoms with E-state index in [1.807, 2.05) is 18.3 Å². The van der Waals surface area contributed by atoms with Crippen LogP contribution in [0.3, 0.4) is 0 Å². The number of nitrogens with zero attached hydrogens (tertiary/aromatic N) is 2. The number of ether oxygens (including phenoxy) is 1. The molecule has 1 atom stereocenters. The molecule has 0 aliphatic heterocycles. The standard InChI is InChI=1S/C23H27N3O/c1-16-11-12-19(13-17(16)2)26-22-9-6-8-21(20(22)15-25-26)24-14-18-7-4-5-10-23(18)27-3/h4-5,7,10-13,15,21,24H,6,8-9,14H2,1-3H3. The van der Waals surface area contributed by atoms with Gasteiger partial charge in [-0.1, -0.05) is 24.3 Å². The molecule has 0 saturated heterocycles. The number of fused-ring (bicyclic) bond motifs is 1. The van der Waals surface area contributed by atoms with Gasteiger partial charge in [-0.3, -0.25) is 0 Å². The fraction of sp³-hybridized carbons (Fsp3) is 0.348. The minimum Gasteiger partial charge on any atom is -0.496 e. The van der Waals surface area contributed by atoms with Crippen LogP contribution < -0.4 is 10.1 Å². The molecule has 0 saturated carbocycles. The predicted molar refractivity (Wildman–Crippen MR) is 109 cm³/mol. The van der Waals surface area contributed by atoms with E-state index in [1.165, 1.54) is 34.4 Å². The minimum atomic E-state index is 0.332. The highest BCUT2D eigenvalue weighted by atomic mass is 16.5. The Morgan fingerprint density at radius 1 is 1.15 bits per heavy atom. The summed E-state index contributed by atoms with van der Waals surface area (Å²) in [6.07, 6.45) is 5.44. The van der Waals surface area contributed by atoms with Crippen molar-refractivity contribution >= 4 is 0 Å². The zero-order chi connectivity index (χ0) is 18.8. The van der Waals surface area contributed by atoms with E-state index < -0.39 is 0 Å². The molecule has 2 aromatic carbocycles. The van der Waals surface area contributed by atoms with Gasteiger partial charge in [-0.2, -0.15) is 5.10 Å². The number of hydrogen-bond acceptors (Lipinski definition) is 3. The lowest BCUT2D eigenvalue weighted by Gasteiger charge is -2.25. The van der Waals surface area contributed by atoms with Gasteiger partial charge in [0.2, 0.25) is 0 Å². The summed E-state index contributed by atoms with van der Waals surface area (Å²) in [5.74, 6) is 0.937. The van der Waals surface area contributed by atoms with Gasteiger partial charge in [0.05, 0.1) is 19.0 Å². The number of nitrogens with one attached hydrogen (secondary N) is 1. The Hall–Kier alpha value is -2.59. The van der Waals surface area contributed by atoms with Crippen molar-refractivity contribution in [2.75, 3.05) is 7.11 Å². The molecule has 27 heavy (non-hydrogen) atoms. The van der Waals surface area contributed by atoms with E-state index in [9.17, 15) is 0 Å². The maximum absolute atomic E-state index is 5.48. The molecule has 0 spiro atoms. The molecular weight excluding hydrogens is 334 g/mol. The molecule has 1 aliphatic carbocycles. The quantitative estimate of drug-likeness (QED) is 0.718. The van der Waals surface area contributed by atoms with E-state index in [0.717, 1.165) is 30.8 Å². The first-order chi connectivity index (χ1) is 13.2. The van der Waals surface area contributed by atoms with Gasteiger partial charge >= 0.3 is 0 Å². The van der Waals surface area contributed by atoms with Crippen molar-refractivity contribution in [2.45, 2.75) is 45.7 Å². The summed E-state index contributed by atoms with van der Waals surface area (Å²) in [7, 11) is 1.73. The molecule has 4 nitrogen and oxygen atoms in total. The summed E-state index contributed by atoms with van der Waals surface area (Å²) < 4.78 is 7.60. The second-order valence-corrected chi connectivity index (χ2v) is 7.36. The average molecular weight is 361 g/mol. The van der Waals surface area contributed by atoms with Crippen molar-refractivity contribution in [3.05, 3.63) is 76.6 Å². The molecule has 3 aromatic rings. The van der Waals surface area contributed by atoms with Crippen LogP contribution in [0.15, 0.2) is 48.7 Å². The first kappa shape index (κ1) is 17.8. The lowest BCUT2D eigenvalue weighted by Crippen LogP contribution is -2.25. The topological polar surface area (TPSA) is 39.1 Å². The smallest absolute Gasteiger partial charge is 0.123 e. The van der Waals surface area contributed by atoms with Gasteiger partial charge in [0.1, 0.15) is 5.75 Å². The second kappa shape index (κ2) is 7.57. The Labute approximate surface area is 161 Å². The second-order valence-electron chi connectivity index (χ2n) is 7.36.